The Kier molecular flexibility index (Phi) is 4.47. The van der Waals surface area contributed by atoms with Crippen molar-refractivity contribution in [3.63, 3.8) is 0 Å². The van der Waals surface area contributed by atoms with Gasteiger partial charge in [0.1, 0.15) is 5.75 Å². The smallest absolute Gasteiger partial charge is 0.323 e. The fraction of sp³-hybridized carbons (Fsp3) is 0. The molecular weight excluding hydrogens is 412 g/mol. The summed E-state index contributed by atoms with van der Waals surface area (Å²) in [6.07, 6.45) is 1.44. The molecule has 1 amide bonds. The summed E-state index contributed by atoms with van der Waals surface area (Å²) in [5, 5.41) is 2.77. The molecule has 3 N–H and O–H groups in total. The maximum absolute atomic E-state index is 12.4. The number of aromatic amines is 2. The van der Waals surface area contributed by atoms with Crippen LogP contribution in [-0.2, 0) is 0 Å². The highest BCUT2D eigenvalue weighted by atomic mass is 79.9. The quantitative estimate of drug-likeness (QED) is 0.459. The van der Waals surface area contributed by atoms with Gasteiger partial charge in [0.05, 0.1) is 16.6 Å². The highest BCUT2D eigenvalue weighted by Gasteiger charge is 2.09. The molecule has 0 bridgehead atoms. The summed E-state index contributed by atoms with van der Waals surface area (Å²) in [5.74, 6) is 0.729. The molecule has 0 aliphatic carbocycles. The second-order valence-electron chi connectivity index (χ2n) is 5.73. The van der Waals surface area contributed by atoms with E-state index in [-0.39, 0.29) is 11.6 Å². The highest BCUT2D eigenvalue weighted by Crippen LogP contribution is 2.22. The lowest BCUT2D eigenvalue weighted by molar-refractivity contribution is 0.102. The number of imidazole rings is 1. The number of benzene rings is 2. The third-order valence-electron chi connectivity index (χ3n) is 3.81. The van der Waals surface area contributed by atoms with Gasteiger partial charge in [-0.1, -0.05) is 15.9 Å². The molecule has 134 valence electrons. The van der Waals surface area contributed by atoms with Gasteiger partial charge < -0.3 is 20.0 Å². The predicted octanol–water partition coefficient (Wildman–Crippen LogP) is 4.06. The molecule has 0 saturated heterocycles. The van der Waals surface area contributed by atoms with E-state index >= 15 is 0 Å². The average Bonchev–Trinajstić information content (AvgIpc) is 3.03. The topological polar surface area (TPSA) is 99.9 Å². The Hall–Kier alpha value is -3.39. The van der Waals surface area contributed by atoms with Crippen molar-refractivity contribution in [1.29, 1.82) is 0 Å². The Morgan fingerprint density at radius 3 is 2.52 bits per heavy atom. The van der Waals surface area contributed by atoms with Crippen LogP contribution in [0, 0.1) is 0 Å². The van der Waals surface area contributed by atoms with Crippen molar-refractivity contribution in [3.8, 4) is 11.6 Å². The van der Waals surface area contributed by atoms with Crippen molar-refractivity contribution >= 4 is 38.6 Å². The molecule has 2 aromatic heterocycles. The average molecular weight is 425 g/mol. The van der Waals surface area contributed by atoms with Crippen LogP contribution in [0.5, 0.6) is 11.6 Å². The molecule has 0 atom stereocenters. The molecule has 7 nitrogen and oxygen atoms in total. The molecule has 0 fully saturated rings. The number of pyridine rings is 1. The standard InChI is InChI=1S/C19H13BrN4O3/c20-12-2-5-14(6-3-12)27-17-8-1-11(10-21-17)18(25)22-13-4-7-15-16(9-13)24-19(26)23-15/h1-10H,(H,22,25)(H2,23,24,26). The van der Waals surface area contributed by atoms with Crippen LogP contribution in [0.1, 0.15) is 10.4 Å². The fourth-order valence-corrected chi connectivity index (χ4v) is 2.78. The number of hydrogen-bond donors (Lipinski definition) is 3. The number of nitrogens with one attached hydrogen (secondary N) is 3. The zero-order chi connectivity index (χ0) is 18.8. The van der Waals surface area contributed by atoms with E-state index in [2.05, 4.69) is 36.2 Å². The van der Waals surface area contributed by atoms with Gasteiger partial charge in [-0.05, 0) is 48.5 Å². The van der Waals surface area contributed by atoms with E-state index in [1.165, 1.54) is 6.20 Å². The summed E-state index contributed by atoms with van der Waals surface area (Å²) in [5.41, 5.74) is 1.96. The lowest BCUT2D eigenvalue weighted by Gasteiger charge is -2.07. The second-order valence-corrected chi connectivity index (χ2v) is 6.65. The van der Waals surface area contributed by atoms with Crippen LogP contribution in [0.2, 0.25) is 0 Å². The first kappa shape index (κ1) is 17.0. The molecule has 2 heterocycles. The molecule has 0 radical (unpaired) electrons. The normalized spacial score (nSPS) is 10.7. The number of amides is 1. The number of carbonyl (C=O) groups excluding carboxylic acids is 1. The monoisotopic (exact) mass is 424 g/mol. The summed E-state index contributed by atoms with van der Waals surface area (Å²) >= 11 is 3.36. The summed E-state index contributed by atoms with van der Waals surface area (Å²) < 4.78 is 6.59. The SMILES string of the molecule is O=C(Nc1ccc2[nH]c(=O)[nH]c2c1)c1ccc(Oc2ccc(Br)cc2)nc1. The van der Waals surface area contributed by atoms with Crippen molar-refractivity contribution in [3.05, 3.63) is 81.3 Å². The van der Waals surface area contributed by atoms with Crippen molar-refractivity contribution < 1.29 is 9.53 Å². The summed E-state index contributed by atoms with van der Waals surface area (Å²) in [7, 11) is 0. The Bertz CT molecular complexity index is 1160. The number of nitrogens with zero attached hydrogens (tertiary/aromatic N) is 1. The zero-order valence-electron chi connectivity index (χ0n) is 13.8. The summed E-state index contributed by atoms with van der Waals surface area (Å²) in [6.45, 7) is 0. The van der Waals surface area contributed by atoms with Gasteiger partial charge >= 0.3 is 5.69 Å². The molecule has 4 aromatic rings. The first-order valence-electron chi connectivity index (χ1n) is 8.00. The lowest BCUT2D eigenvalue weighted by atomic mass is 10.2. The zero-order valence-corrected chi connectivity index (χ0v) is 15.4. The maximum atomic E-state index is 12.4. The van der Waals surface area contributed by atoms with Gasteiger partial charge in [0, 0.05) is 22.4 Å². The Morgan fingerprint density at radius 1 is 1.00 bits per heavy atom. The van der Waals surface area contributed by atoms with Gasteiger partial charge in [-0.25, -0.2) is 9.78 Å². The maximum Gasteiger partial charge on any atom is 0.323 e. The highest BCUT2D eigenvalue weighted by molar-refractivity contribution is 9.10. The molecule has 8 heteroatoms. The van der Waals surface area contributed by atoms with Crippen molar-refractivity contribution in [1.82, 2.24) is 15.0 Å². The van der Waals surface area contributed by atoms with Gasteiger partial charge in [-0.15, -0.1) is 0 Å². The fourth-order valence-electron chi connectivity index (χ4n) is 2.51. The van der Waals surface area contributed by atoms with E-state index < -0.39 is 0 Å². The van der Waals surface area contributed by atoms with Gasteiger partial charge in [0.25, 0.3) is 5.91 Å². The number of rotatable bonds is 4. The molecule has 0 spiro atoms. The van der Waals surface area contributed by atoms with Crippen molar-refractivity contribution in [2.75, 3.05) is 5.32 Å². The molecule has 0 aliphatic rings. The number of halogens is 1. The van der Waals surface area contributed by atoms with Gasteiger partial charge in [-0.2, -0.15) is 0 Å². The van der Waals surface area contributed by atoms with E-state index in [1.807, 2.05) is 24.3 Å². The van der Waals surface area contributed by atoms with Crippen molar-refractivity contribution in [2.45, 2.75) is 0 Å². The molecule has 27 heavy (non-hydrogen) atoms. The van der Waals surface area contributed by atoms with Crippen LogP contribution in [0.15, 0.2) is 70.1 Å². The van der Waals surface area contributed by atoms with Crippen LogP contribution in [0.3, 0.4) is 0 Å². The number of carbonyl (C=O) groups is 1. The Labute approximate surface area is 161 Å². The predicted molar refractivity (Wildman–Crippen MR) is 105 cm³/mol. The number of hydrogen-bond acceptors (Lipinski definition) is 4. The summed E-state index contributed by atoms with van der Waals surface area (Å²) in [6, 6.07) is 15.7. The van der Waals surface area contributed by atoms with Gasteiger partial charge in [0.2, 0.25) is 5.88 Å². The largest absolute Gasteiger partial charge is 0.439 e. The minimum atomic E-state index is -0.310. The van der Waals surface area contributed by atoms with E-state index in [0.29, 0.717) is 33.9 Å². The van der Waals surface area contributed by atoms with Gasteiger partial charge in [-0.3, -0.25) is 4.79 Å². The first-order valence-corrected chi connectivity index (χ1v) is 8.79. The van der Waals surface area contributed by atoms with E-state index in [0.717, 1.165) is 4.47 Å². The van der Waals surface area contributed by atoms with Crippen LogP contribution < -0.4 is 15.7 Å². The second kappa shape index (κ2) is 7.08. The van der Waals surface area contributed by atoms with E-state index in [1.54, 1.807) is 30.3 Å². The van der Waals surface area contributed by atoms with E-state index in [9.17, 15) is 9.59 Å². The number of fused-ring (bicyclic) bond motifs is 1. The number of aromatic nitrogens is 3. The lowest BCUT2D eigenvalue weighted by Crippen LogP contribution is -2.12. The van der Waals surface area contributed by atoms with Gasteiger partial charge in [0.15, 0.2) is 0 Å². The van der Waals surface area contributed by atoms with Crippen LogP contribution in [-0.4, -0.2) is 20.9 Å². The summed E-state index contributed by atoms with van der Waals surface area (Å²) in [4.78, 5) is 33.2. The Morgan fingerprint density at radius 2 is 1.78 bits per heavy atom. The minimum Gasteiger partial charge on any atom is -0.439 e. The molecule has 0 unspecified atom stereocenters. The molecule has 4 rings (SSSR count). The molecular formula is C19H13BrN4O3. The molecule has 0 aliphatic heterocycles. The third-order valence-corrected chi connectivity index (χ3v) is 4.34. The van der Waals surface area contributed by atoms with Crippen LogP contribution in [0.4, 0.5) is 5.69 Å². The first-order chi connectivity index (χ1) is 13.1. The molecule has 2 aromatic carbocycles. The Balaban J connectivity index is 1.46. The van der Waals surface area contributed by atoms with Crippen LogP contribution in [0.25, 0.3) is 11.0 Å². The third kappa shape index (κ3) is 3.90. The van der Waals surface area contributed by atoms with E-state index in [4.69, 9.17) is 4.74 Å². The molecule has 0 saturated carbocycles. The minimum absolute atomic E-state index is 0.293. The van der Waals surface area contributed by atoms with Crippen molar-refractivity contribution in [2.24, 2.45) is 0 Å². The number of ether oxygens (including phenoxy) is 1. The van der Waals surface area contributed by atoms with Crippen LogP contribution >= 0.6 is 15.9 Å². The number of H-pyrrole nitrogens is 2. The number of anilines is 1.